The first-order valence-electron chi connectivity index (χ1n) is 8.82. The van der Waals surface area contributed by atoms with Crippen molar-refractivity contribution in [1.29, 1.82) is 0 Å². The van der Waals surface area contributed by atoms with Gasteiger partial charge in [0.15, 0.2) is 0 Å². The molecule has 0 aliphatic rings. The number of carbonyl (C=O) groups excluding carboxylic acids is 2. The maximum atomic E-state index is 12.5. The number of anilines is 1. The maximum absolute atomic E-state index is 12.5. The molecule has 0 bridgehead atoms. The van der Waals surface area contributed by atoms with Gasteiger partial charge in [0.2, 0.25) is 5.88 Å². The molecule has 2 heterocycles. The molecule has 162 valence electrons. The Labute approximate surface area is 179 Å². The van der Waals surface area contributed by atoms with E-state index in [0.717, 1.165) is 17.1 Å². The predicted molar refractivity (Wildman–Crippen MR) is 108 cm³/mol. The normalized spacial score (nSPS) is 10.5. The number of hydrogen-bond donors (Lipinski definition) is 3. The van der Waals surface area contributed by atoms with Gasteiger partial charge in [0.25, 0.3) is 5.91 Å². The quantitative estimate of drug-likeness (QED) is 0.460. The SMILES string of the molecule is NC(=O)c1c(OCc2cccnc2)nsc1NC(=O)NCc1ccccc1OC(F)F. The smallest absolute Gasteiger partial charge is 0.387 e. The third-order valence-corrected chi connectivity index (χ3v) is 4.61. The molecule has 12 heteroatoms. The molecule has 0 saturated heterocycles. The first kappa shape index (κ1) is 21.9. The van der Waals surface area contributed by atoms with E-state index in [9.17, 15) is 18.4 Å². The second-order valence-electron chi connectivity index (χ2n) is 6.00. The topological polar surface area (TPSA) is 128 Å². The first-order chi connectivity index (χ1) is 14.9. The highest BCUT2D eigenvalue weighted by atomic mass is 32.1. The van der Waals surface area contributed by atoms with Crippen LogP contribution in [0.25, 0.3) is 0 Å². The van der Waals surface area contributed by atoms with Crippen LogP contribution in [-0.4, -0.2) is 27.9 Å². The molecule has 0 atom stereocenters. The fourth-order valence-electron chi connectivity index (χ4n) is 2.50. The summed E-state index contributed by atoms with van der Waals surface area (Å²) >= 11 is 0.814. The Kier molecular flexibility index (Phi) is 7.27. The van der Waals surface area contributed by atoms with Gasteiger partial charge in [-0.2, -0.15) is 13.2 Å². The van der Waals surface area contributed by atoms with Crippen LogP contribution in [0, 0.1) is 0 Å². The number of para-hydroxylation sites is 1. The van der Waals surface area contributed by atoms with E-state index in [4.69, 9.17) is 10.5 Å². The lowest BCUT2D eigenvalue weighted by atomic mass is 10.2. The molecular formula is C19H17F2N5O4S. The lowest BCUT2D eigenvalue weighted by Gasteiger charge is -2.11. The summed E-state index contributed by atoms with van der Waals surface area (Å²) in [6.07, 6.45) is 3.21. The van der Waals surface area contributed by atoms with Crippen LogP contribution >= 0.6 is 11.5 Å². The van der Waals surface area contributed by atoms with Crippen molar-refractivity contribution in [2.24, 2.45) is 5.73 Å². The maximum Gasteiger partial charge on any atom is 0.387 e. The number of benzene rings is 1. The summed E-state index contributed by atoms with van der Waals surface area (Å²) in [5.74, 6) is -0.909. The van der Waals surface area contributed by atoms with Crippen LogP contribution in [0.5, 0.6) is 11.6 Å². The zero-order valence-electron chi connectivity index (χ0n) is 15.9. The minimum atomic E-state index is -2.99. The van der Waals surface area contributed by atoms with Gasteiger partial charge in [0.1, 0.15) is 22.9 Å². The largest absolute Gasteiger partial charge is 0.472 e. The van der Waals surface area contributed by atoms with Crippen LogP contribution in [0.1, 0.15) is 21.5 Å². The Morgan fingerprint density at radius 3 is 2.71 bits per heavy atom. The molecule has 3 aromatic rings. The van der Waals surface area contributed by atoms with E-state index in [2.05, 4.69) is 24.7 Å². The average Bonchev–Trinajstić information content (AvgIpc) is 3.14. The average molecular weight is 449 g/mol. The number of nitrogens with one attached hydrogen (secondary N) is 2. The molecule has 0 aliphatic carbocycles. The third kappa shape index (κ3) is 6.09. The van der Waals surface area contributed by atoms with Gasteiger partial charge in [-0.15, -0.1) is 0 Å². The third-order valence-electron chi connectivity index (χ3n) is 3.86. The van der Waals surface area contributed by atoms with Crippen LogP contribution in [0.2, 0.25) is 0 Å². The van der Waals surface area contributed by atoms with Gasteiger partial charge in [-0.25, -0.2) is 4.79 Å². The summed E-state index contributed by atoms with van der Waals surface area (Å²) in [5.41, 5.74) is 6.43. The minimum Gasteiger partial charge on any atom is -0.472 e. The number of amides is 3. The number of ether oxygens (including phenoxy) is 2. The van der Waals surface area contributed by atoms with Gasteiger partial charge in [-0.1, -0.05) is 24.3 Å². The molecule has 31 heavy (non-hydrogen) atoms. The number of carbonyl (C=O) groups is 2. The zero-order valence-corrected chi connectivity index (χ0v) is 16.7. The monoisotopic (exact) mass is 449 g/mol. The molecule has 0 radical (unpaired) electrons. The van der Waals surface area contributed by atoms with Crippen molar-refractivity contribution >= 4 is 28.5 Å². The number of urea groups is 1. The molecule has 0 aliphatic heterocycles. The Balaban J connectivity index is 1.64. The van der Waals surface area contributed by atoms with E-state index in [0.29, 0.717) is 5.56 Å². The van der Waals surface area contributed by atoms with Crippen molar-refractivity contribution in [3.8, 4) is 11.6 Å². The number of nitrogens with two attached hydrogens (primary N) is 1. The summed E-state index contributed by atoms with van der Waals surface area (Å²) in [4.78, 5) is 28.1. The summed E-state index contributed by atoms with van der Waals surface area (Å²) in [6.45, 7) is -2.98. The second-order valence-corrected chi connectivity index (χ2v) is 6.77. The minimum absolute atomic E-state index is 0.0210. The number of halogens is 2. The van der Waals surface area contributed by atoms with Crippen LogP contribution in [0.3, 0.4) is 0 Å². The summed E-state index contributed by atoms with van der Waals surface area (Å²) < 4.78 is 39.0. The molecule has 3 rings (SSSR count). The van der Waals surface area contributed by atoms with Crippen molar-refractivity contribution < 1.29 is 27.8 Å². The Morgan fingerprint density at radius 1 is 1.19 bits per heavy atom. The fourth-order valence-corrected chi connectivity index (χ4v) is 3.23. The number of pyridine rings is 1. The molecule has 4 N–H and O–H groups in total. The van der Waals surface area contributed by atoms with Crippen LogP contribution < -0.4 is 25.8 Å². The zero-order chi connectivity index (χ0) is 22.2. The van der Waals surface area contributed by atoms with Crippen molar-refractivity contribution in [1.82, 2.24) is 14.7 Å². The Morgan fingerprint density at radius 2 is 2.00 bits per heavy atom. The molecule has 0 saturated carbocycles. The van der Waals surface area contributed by atoms with Gasteiger partial charge in [0.05, 0.1) is 0 Å². The van der Waals surface area contributed by atoms with Crippen LogP contribution in [-0.2, 0) is 13.2 Å². The van der Waals surface area contributed by atoms with E-state index in [-0.39, 0.29) is 35.3 Å². The van der Waals surface area contributed by atoms with Gasteiger partial charge in [-0.3, -0.25) is 15.1 Å². The molecule has 2 aromatic heterocycles. The molecule has 0 spiro atoms. The second kappa shape index (κ2) is 10.3. The highest BCUT2D eigenvalue weighted by Gasteiger charge is 2.22. The first-order valence-corrected chi connectivity index (χ1v) is 9.60. The summed E-state index contributed by atoms with van der Waals surface area (Å²) in [7, 11) is 0. The van der Waals surface area contributed by atoms with E-state index in [1.807, 2.05) is 0 Å². The van der Waals surface area contributed by atoms with Crippen molar-refractivity contribution in [2.45, 2.75) is 19.8 Å². The molecule has 1 aromatic carbocycles. The van der Waals surface area contributed by atoms with Gasteiger partial charge in [-0.05, 0) is 23.7 Å². The molecule has 3 amide bonds. The molecule has 0 unspecified atom stereocenters. The molecule has 9 nitrogen and oxygen atoms in total. The van der Waals surface area contributed by atoms with E-state index in [1.165, 1.54) is 18.2 Å². The lowest BCUT2D eigenvalue weighted by Crippen LogP contribution is -2.29. The predicted octanol–water partition coefficient (Wildman–Crippen LogP) is 3.14. The van der Waals surface area contributed by atoms with Gasteiger partial charge >= 0.3 is 12.6 Å². The van der Waals surface area contributed by atoms with Crippen molar-refractivity contribution in [3.63, 3.8) is 0 Å². The number of hydrogen-bond acceptors (Lipinski definition) is 7. The van der Waals surface area contributed by atoms with Crippen molar-refractivity contribution in [2.75, 3.05) is 5.32 Å². The van der Waals surface area contributed by atoms with Crippen molar-refractivity contribution in [3.05, 3.63) is 65.5 Å². The van der Waals surface area contributed by atoms with E-state index < -0.39 is 18.5 Å². The van der Waals surface area contributed by atoms with Gasteiger partial charge in [0, 0.05) is 30.1 Å². The van der Waals surface area contributed by atoms with E-state index >= 15 is 0 Å². The molecular weight excluding hydrogens is 432 g/mol. The number of rotatable bonds is 9. The Hall–Kier alpha value is -3.80. The van der Waals surface area contributed by atoms with Crippen LogP contribution in [0.15, 0.2) is 48.8 Å². The van der Waals surface area contributed by atoms with Crippen LogP contribution in [0.4, 0.5) is 18.6 Å². The highest BCUT2D eigenvalue weighted by Crippen LogP contribution is 2.30. The lowest BCUT2D eigenvalue weighted by molar-refractivity contribution is -0.0504. The standard InChI is InChI=1S/C19H17F2N5O4S/c20-18(21)30-13-6-2-1-5-12(13)9-24-19(28)25-17-14(15(22)27)16(26-31-17)29-10-11-4-3-7-23-8-11/h1-8,18H,9-10H2,(H2,22,27)(H2,24,25,28). The number of aromatic nitrogens is 2. The summed E-state index contributed by atoms with van der Waals surface area (Å²) in [6, 6.07) is 8.86. The fraction of sp³-hybridized carbons (Fsp3) is 0.158. The summed E-state index contributed by atoms with van der Waals surface area (Å²) in [5, 5.41) is 5.05. The van der Waals surface area contributed by atoms with E-state index in [1.54, 1.807) is 30.6 Å². The number of alkyl halides is 2. The molecule has 0 fully saturated rings. The number of nitrogens with zero attached hydrogens (tertiary/aromatic N) is 2. The Bertz CT molecular complexity index is 1050. The van der Waals surface area contributed by atoms with Gasteiger partial charge < -0.3 is 20.5 Å². The number of primary amides is 1. The highest BCUT2D eigenvalue weighted by molar-refractivity contribution is 7.11.